The molecule has 1 N–H and O–H groups in total. The van der Waals surface area contributed by atoms with Crippen molar-refractivity contribution in [1.82, 2.24) is 5.32 Å². The van der Waals surface area contributed by atoms with Crippen molar-refractivity contribution in [2.24, 2.45) is 0 Å². The Morgan fingerprint density at radius 1 is 1.14 bits per heavy atom. The zero-order valence-electron chi connectivity index (χ0n) is 12.2. The first-order chi connectivity index (χ1) is 10.2. The summed E-state index contributed by atoms with van der Waals surface area (Å²) in [6.07, 6.45) is 3.65. The lowest BCUT2D eigenvalue weighted by Crippen LogP contribution is -2.15. The maximum Gasteiger partial charge on any atom is 0.141 e. The highest BCUT2D eigenvalue weighted by atomic mass is 79.9. The largest absolute Gasteiger partial charge is 0.456 e. The molecule has 3 rings (SSSR count). The van der Waals surface area contributed by atoms with E-state index in [1.807, 2.05) is 18.2 Å². The fourth-order valence-corrected chi connectivity index (χ4v) is 2.75. The number of aryl methyl sites for hydroxylation is 1. The predicted octanol–water partition coefficient (Wildman–Crippen LogP) is 5.06. The third-order valence-corrected chi connectivity index (χ3v) is 4.32. The third-order valence-electron chi connectivity index (χ3n) is 3.70. The number of nitrogens with one attached hydrogen (secondary N) is 1. The van der Waals surface area contributed by atoms with Gasteiger partial charge in [-0.3, -0.25) is 0 Å². The van der Waals surface area contributed by atoms with Gasteiger partial charge in [-0.1, -0.05) is 25.1 Å². The molecule has 0 amide bonds. The minimum Gasteiger partial charge on any atom is -0.456 e. The Kier molecular flexibility index (Phi) is 4.61. The molecular weight excluding hydrogens is 326 g/mol. The molecule has 1 aliphatic carbocycles. The Morgan fingerprint density at radius 3 is 2.71 bits per heavy atom. The normalized spacial score (nSPS) is 14.2. The molecule has 0 aromatic heterocycles. The summed E-state index contributed by atoms with van der Waals surface area (Å²) in [5.41, 5.74) is 2.57. The van der Waals surface area contributed by atoms with Gasteiger partial charge in [0.1, 0.15) is 11.5 Å². The highest BCUT2D eigenvalue weighted by Gasteiger charge is 2.20. The quantitative estimate of drug-likeness (QED) is 0.790. The van der Waals surface area contributed by atoms with Crippen molar-refractivity contribution in [2.75, 3.05) is 0 Å². The topological polar surface area (TPSA) is 21.3 Å². The second kappa shape index (κ2) is 6.63. The summed E-state index contributed by atoms with van der Waals surface area (Å²) < 4.78 is 6.98. The zero-order chi connectivity index (χ0) is 14.7. The van der Waals surface area contributed by atoms with E-state index in [1.54, 1.807) is 0 Å². The van der Waals surface area contributed by atoms with Gasteiger partial charge in [0.05, 0.1) is 4.47 Å². The summed E-state index contributed by atoms with van der Waals surface area (Å²) in [6, 6.07) is 15.3. The molecule has 21 heavy (non-hydrogen) atoms. The molecule has 2 aromatic carbocycles. The van der Waals surface area contributed by atoms with Gasteiger partial charge in [-0.15, -0.1) is 0 Å². The molecule has 0 aliphatic heterocycles. The van der Waals surface area contributed by atoms with Gasteiger partial charge in [0.2, 0.25) is 0 Å². The second-order valence-electron chi connectivity index (χ2n) is 5.52. The van der Waals surface area contributed by atoms with Crippen molar-refractivity contribution in [3.05, 3.63) is 58.1 Å². The zero-order valence-corrected chi connectivity index (χ0v) is 13.8. The summed E-state index contributed by atoms with van der Waals surface area (Å²) in [6.45, 7) is 3.07. The number of ether oxygens (including phenoxy) is 1. The van der Waals surface area contributed by atoms with Gasteiger partial charge < -0.3 is 10.1 Å². The minimum absolute atomic E-state index is 0.733. The van der Waals surface area contributed by atoms with Crippen molar-refractivity contribution >= 4 is 15.9 Å². The van der Waals surface area contributed by atoms with Crippen LogP contribution in [0.4, 0.5) is 0 Å². The van der Waals surface area contributed by atoms with Gasteiger partial charge in [-0.2, -0.15) is 0 Å². The van der Waals surface area contributed by atoms with E-state index < -0.39 is 0 Å². The molecule has 1 fully saturated rings. The van der Waals surface area contributed by atoms with Crippen LogP contribution in [-0.2, 0) is 13.0 Å². The molecule has 2 nitrogen and oxygen atoms in total. The van der Waals surface area contributed by atoms with Crippen LogP contribution >= 0.6 is 15.9 Å². The van der Waals surface area contributed by atoms with E-state index in [-0.39, 0.29) is 0 Å². The second-order valence-corrected chi connectivity index (χ2v) is 6.38. The van der Waals surface area contributed by atoms with Gasteiger partial charge in [0.25, 0.3) is 0 Å². The number of hydrogen-bond acceptors (Lipinski definition) is 2. The molecule has 0 atom stereocenters. The molecule has 0 saturated heterocycles. The Labute approximate surface area is 134 Å². The first-order valence-electron chi connectivity index (χ1n) is 7.53. The monoisotopic (exact) mass is 345 g/mol. The summed E-state index contributed by atoms with van der Waals surface area (Å²) in [5, 5.41) is 3.52. The highest BCUT2D eigenvalue weighted by molar-refractivity contribution is 9.10. The fourth-order valence-electron chi connectivity index (χ4n) is 2.24. The van der Waals surface area contributed by atoms with Crippen molar-refractivity contribution in [3.8, 4) is 11.5 Å². The van der Waals surface area contributed by atoms with E-state index in [1.165, 1.54) is 24.0 Å². The lowest BCUT2D eigenvalue weighted by Gasteiger charge is -2.11. The molecule has 1 aliphatic rings. The third kappa shape index (κ3) is 4.08. The van der Waals surface area contributed by atoms with Crippen LogP contribution in [0.25, 0.3) is 0 Å². The molecule has 0 unspecified atom stereocenters. The lowest BCUT2D eigenvalue weighted by molar-refractivity contribution is 0.478. The number of hydrogen-bond donors (Lipinski definition) is 1. The van der Waals surface area contributed by atoms with Crippen LogP contribution in [0.2, 0.25) is 0 Å². The summed E-state index contributed by atoms with van der Waals surface area (Å²) in [5.74, 6) is 1.75. The van der Waals surface area contributed by atoms with Gasteiger partial charge in [-0.25, -0.2) is 0 Å². The Morgan fingerprint density at radius 2 is 2.00 bits per heavy atom. The molecule has 0 bridgehead atoms. The average molecular weight is 346 g/mol. The predicted molar refractivity (Wildman–Crippen MR) is 89.9 cm³/mol. The fraction of sp³-hybridized carbons (Fsp3) is 0.333. The van der Waals surface area contributed by atoms with E-state index >= 15 is 0 Å². The maximum atomic E-state index is 5.98. The standard InChI is InChI=1S/C18H20BrNO/c1-2-13-4-3-5-16(10-13)21-18-9-6-14(11-17(18)19)12-20-15-7-8-15/h3-6,9-11,15,20H,2,7-8,12H2,1H3. The van der Waals surface area contributed by atoms with Crippen LogP contribution in [0.5, 0.6) is 11.5 Å². The highest BCUT2D eigenvalue weighted by Crippen LogP contribution is 2.31. The summed E-state index contributed by atoms with van der Waals surface area (Å²) >= 11 is 3.61. The van der Waals surface area contributed by atoms with Crippen LogP contribution < -0.4 is 10.1 Å². The van der Waals surface area contributed by atoms with E-state index in [4.69, 9.17) is 4.74 Å². The van der Waals surface area contributed by atoms with E-state index in [0.29, 0.717) is 0 Å². The summed E-state index contributed by atoms with van der Waals surface area (Å²) in [4.78, 5) is 0. The molecule has 110 valence electrons. The van der Waals surface area contributed by atoms with Crippen LogP contribution in [0, 0.1) is 0 Å². The van der Waals surface area contributed by atoms with E-state index in [9.17, 15) is 0 Å². The molecule has 0 spiro atoms. The molecule has 3 heteroatoms. The van der Waals surface area contributed by atoms with Gasteiger partial charge >= 0.3 is 0 Å². The summed E-state index contributed by atoms with van der Waals surface area (Å²) in [7, 11) is 0. The lowest BCUT2D eigenvalue weighted by atomic mass is 10.1. The first kappa shape index (κ1) is 14.6. The number of benzene rings is 2. The van der Waals surface area contributed by atoms with Gasteiger partial charge in [0, 0.05) is 12.6 Å². The SMILES string of the molecule is CCc1cccc(Oc2ccc(CNC3CC3)cc2Br)c1. The number of halogens is 1. The maximum absolute atomic E-state index is 5.98. The van der Waals surface area contributed by atoms with Crippen LogP contribution in [0.15, 0.2) is 46.9 Å². The van der Waals surface area contributed by atoms with Gasteiger partial charge in [-0.05, 0) is 70.6 Å². The molecule has 0 heterocycles. The minimum atomic E-state index is 0.733. The Hall–Kier alpha value is -1.32. The Bertz CT molecular complexity index is 622. The average Bonchev–Trinajstić information content (AvgIpc) is 3.32. The van der Waals surface area contributed by atoms with Crippen molar-refractivity contribution in [1.29, 1.82) is 0 Å². The number of rotatable bonds is 6. The molecule has 0 radical (unpaired) electrons. The molecular formula is C18H20BrNO. The van der Waals surface area contributed by atoms with E-state index in [2.05, 4.69) is 52.4 Å². The van der Waals surface area contributed by atoms with Gasteiger partial charge in [0.15, 0.2) is 0 Å². The Balaban J connectivity index is 1.69. The van der Waals surface area contributed by atoms with Crippen LogP contribution in [0.3, 0.4) is 0 Å². The van der Waals surface area contributed by atoms with Crippen LogP contribution in [0.1, 0.15) is 30.9 Å². The van der Waals surface area contributed by atoms with Crippen LogP contribution in [-0.4, -0.2) is 6.04 Å². The van der Waals surface area contributed by atoms with Crippen molar-refractivity contribution < 1.29 is 4.74 Å². The van der Waals surface area contributed by atoms with E-state index in [0.717, 1.165) is 35.0 Å². The molecule has 2 aromatic rings. The van der Waals surface area contributed by atoms with Crippen molar-refractivity contribution in [3.63, 3.8) is 0 Å². The smallest absolute Gasteiger partial charge is 0.141 e. The molecule has 1 saturated carbocycles. The van der Waals surface area contributed by atoms with Crippen molar-refractivity contribution in [2.45, 2.75) is 38.8 Å². The first-order valence-corrected chi connectivity index (χ1v) is 8.32.